The Morgan fingerprint density at radius 3 is 1.21 bits per heavy atom. The van der Waals surface area contributed by atoms with E-state index in [2.05, 4.69) is 98.8 Å². The molecule has 0 bridgehead atoms. The van der Waals surface area contributed by atoms with Crippen LogP contribution in [0.5, 0.6) is 0 Å². The van der Waals surface area contributed by atoms with Gasteiger partial charge in [0.2, 0.25) is 0 Å². The van der Waals surface area contributed by atoms with Crippen molar-refractivity contribution in [3.05, 3.63) is 131 Å². The molecular weight excluding hydrogens is 474 g/mol. The predicted molar refractivity (Wildman–Crippen MR) is 112 cm³/mol. The molecule has 0 heterocycles. The molecule has 0 radical (unpaired) electrons. The van der Waals surface area contributed by atoms with Crippen molar-refractivity contribution in [1.82, 2.24) is 0 Å². The van der Waals surface area contributed by atoms with Crippen molar-refractivity contribution in [2.75, 3.05) is 0 Å². The van der Waals surface area contributed by atoms with Crippen LogP contribution in [0, 0.1) is 26.0 Å². The van der Waals surface area contributed by atoms with Crippen LogP contribution in [0.15, 0.2) is 96.1 Å². The van der Waals surface area contributed by atoms with Gasteiger partial charge in [0.1, 0.15) is 0 Å². The van der Waals surface area contributed by atoms with Crippen molar-refractivity contribution in [2.24, 2.45) is 0 Å². The number of aryl methyl sites for hydroxylation is 2. The van der Waals surface area contributed by atoms with Crippen LogP contribution < -0.4 is 24.8 Å². The summed E-state index contributed by atoms with van der Waals surface area (Å²) in [5.41, 5.74) is 7.33. The van der Waals surface area contributed by atoms with E-state index in [1.807, 2.05) is 24.3 Å². The molecule has 3 heteroatoms. The van der Waals surface area contributed by atoms with Gasteiger partial charge < -0.3 is 24.8 Å². The maximum atomic E-state index is 3.14. The third-order valence-corrected chi connectivity index (χ3v) is 4.04. The van der Waals surface area contributed by atoms with Crippen LogP contribution in [0.3, 0.4) is 0 Å². The van der Waals surface area contributed by atoms with Crippen LogP contribution in [0.1, 0.15) is 22.3 Å². The monoisotopic (exact) mass is 494 g/mol. The summed E-state index contributed by atoms with van der Waals surface area (Å²) in [6.07, 6.45) is 22.5. The van der Waals surface area contributed by atoms with Crippen molar-refractivity contribution in [1.29, 1.82) is 0 Å². The Bertz CT molecular complexity index is 818. The summed E-state index contributed by atoms with van der Waals surface area (Å²) in [6, 6.07) is 17.0. The maximum Gasteiger partial charge on any atom is 4.00 e. The fourth-order valence-electron chi connectivity index (χ4n) is 2.55. The molecule has 0 aromatic heterocycles. The summed E-state index contributed by atoms with van der Waals surface area (Å²) >= 11 is 0. The standard InChI is InChI=1S/2C13H11.2ClH.Zr/c2*1-11-6-8-13(9-7-11)10-12-4-2-3-5-12;;;/h2*2-4,6-10H,1H3;2*1H;/q2*-1;;;+4/p-2. The van der Waals surface area contributed by atoms with Crippen molar-refractivity contribution < 1.29 is 51.0 Å². The van der Waals surface area contributed by atoms with E-state index in [0.717, 1.165) is 11.1 Å². The van der Waals surface area contributed by atoms with Gasteiger partial charge in [-0.05, 0) is 13.8 Å². The Morgan fingerprint density at radius 2 is 0.931 bits per heavy atom. The van der Waals surface area contributed by atoms with E-state index in [-0.39, 0.29) is 51.0 Å². The summed E-state index contributed by atoms with van der Waals surface area (Å²) in [5.74, 6) is 0. The molecule has 144 valence electrons. The first-order valence-electron chi connectivity index (χ1n) is 8.79. The second kappa shape index (κ2) is 14.3. The minimum Gasteiger partial charge on any atom is -1.00 e. The van der Waals surface area contributed by atoms with Gasteiger partial charge in [0.15, 0.2) is 0 Å². The van der Waals surface area contributed by atoms with Crippen molar-refractivity contribution >= 4 is 12.2 Å². The summed E-state index contributed by atoms with van der Waals surface area (Å²) in [7, 11) is 0. The van der Waals surface area contributed by atoms with E-state index < -0.39 is 0 Å². The molecule has 0 nitrogen and oxygen atoms in total. The molecular formula is C26H22Cl2Zr. The van der Waals surface area contributed by atoms with Gasteiger partial charge in [-0.2, -0.15) is 47.6 Å². The summed E-state index contributed by atoms with van der Waals surface area (Å²) < 4.78 is 0. The van der Waals surface area contributed by atoms with E-state index in [4.69, 9.17) is 0 Å². The average molecular weight is 497 g/mol. The molecule has 0 saturated carbocycles. The van der Waals surface area contributed by atoms with Gasteiger partial charge in [-0.25, -0.2) is 0 Å². The Morgan fingerprint density at radius 1 is 0.586 bits per heavy atom. The number of hydrogen-bond acceptors (Lipinski definition) is 0. The number of halogens is 2. The van der Waals surface area contributed by atoms with Crippen LogP contribution in [0.2, 0.25) is 0 Å². The fourth-order valence-corrected chi connectivity index (χ4v) is 2.55. The number of rotatable bonds is 2. The molecule has 2 aliphatic rings. The summed E-state index contributed by atoms with van der Waals surface area (Å²) in [6.45, 7) is 4.19. The zero-order chi connectivity index (χ0) is 18.2. The molecule has 0 N–H and O–H groups in total. The fraction of sp³-hybridized carbons (Fsp3) is 0.0769. The number of hydrogen-bond donors (Lipinski definition) is 0. The van der Waals surface area contributed by atoms with E-state index in [0.29, 0.717) is 0 Å². The maximum absolute atomic E-state index is 3.14. The molecule has 0 atom stereocenters. The van der Waals surface area contributed by atoms with Gasteiger partial charge in [-0.1, -0.05) is 70.8 Å². The van der Waals surface area contributed by atoms with Crippen LogP contribution in [0.4, 0.5) is 0 Å². The van der Waals surface area contributed by atoms with Gasteiger partial charge in [0.25, 0.3) is 0 Å². The predicted octanol–water partition coefficient (Wildman–Crippen LogP) is 0.621. The van der Waals surface area contributed by atoms with Crippen LogP contribution >= 0.6 is 0 Å². The average Bonchev–Trinajstić information content (AvgIpc) is 3.34. The van der Waals surface area contributed by atoms with Gasteiger partial charge >= 0.3 is 26.2 Å². The molecule has 0 aliphatic heterocycles. The molecule has 0 saturated heterocycles. The van der Waals surface area contributed by atoms with E-state index >= 15 is 0 Å². The van der Waals surface area contributed by atoms with E-state index in [1.54, 1.807) is 0 Å². The second-order valence-electron chi connectivity index (χ2n) is 6.36. The second-order valence-corrected chi connectivity index (χ2v) is 6.36. The molecule has 0 spiro atoms. The minimum atomic E-state index is 0. The zero-order valence-electron chi connectivity index (χ0n) is 16.5. The smallest absolute Gasteiger partial charge is 1.00 e. The quantitative estimate of drug-likeness (QED) is 0.535. The SMILES string of the molecule is Cc1ccc(C=C2[C-]=CC=C2)cc1.Cc1ccc(C=C2[C-]=CC=C2)cc1.[Cl-].[Cl-].[Zr+4]. The molecule has 0 fully saturated rings. The third-order valence-electron chi connectivity index (χ3n) is 4.04. The van der Waals surface area contributed by atoms with Gasteiger partial charge in [0.05, 0.1) is 0 Å². The molecule has 2 aromatic carbocycles. The zero-order valence-corrected chi connectivity index (χ0v) is 20.5. The van der Waals surface area contributed by atoms with Crippen molar-refractivity contribution in [2.45, 2.75) is 13.8 Å². The first kappa shape index (κ1) is 27.3. The van der Waals surface area contributed by atoms with Crippen molar-refractivity contribution in [3.63, 3.8) is 0 Å². The summed E-state index contributed by atoms with van der Waals surface area (Å²) in [4.78, 5) is 0. The summed E-state index contributed by atoms with van der Waals surface area (Å²) in [5, 5.41) is 0. The topological polar surface area (TPSA) is 0 Å². The van der Waals surface area contributed by atoms with Crippen LogP contribution in [0.25, 0.3) is 12.2 Å². The Balaban J connectivity index is 0.000000490. The van der Waals surface area contributed by atoms with Crippen molar-refractivity contribution in [3.8, 4) is 0 Å². The molecule has 2 aliphatic carbocycles. The molecule has 2 aromatic rings. The third kappa shape index (κ3) is 9.59. The normalized spacial score (nSPS) is 15.4. The first-order valence-corrected chi connectivity index (χ1v) is 8.79. The van der Waals surface area contributed by atoms with E-state index in [9.17, 15) is 0 Å². The first-order chi connectivity index (χ1) is 12.7. The van der Waals surface area contributed by atoms with Gasteiger partial charge in [-0.15, -0.1) is 24.3 Å². The molecule has 4 rings (SSSR count). The minimum absolute atomic E-state index is 0. The van der Waals surface area contributed by atoms with Crippen LogP contribution in [-0.4, -0.2) is 0 Å². The Hall–Kier alpha value is -1.66. The molecule has 29 heavy (non-hydrogen) atoms. The van der Waals surface area contributed by atoms with E-state index in [1.165, 1.54) is 22.3 Å². The Labute approximate surface area is 206 Å². The number of benzene rings is 2. The molecule has 0 unspecified atom stereocenters. The Kier molecular flexibility index (Phi) is 13.5. The molecule has 0 amide bonds. The van der Waals surface area contributed by atoms with Crippen LogP contribution in [-0.2, 0) is 26.2 Å². The van der Waals surface area contributed by atoms with Gasteiger partial charge in [0, 0.05) is 0 Å². The largest absolute Gasteiger partial charge is 4.00 e. The van der Waals surface area contributed by atoms with Gasteiger partial charge in [-0.3, -0.25) is 0 Å². The number of allylic oxidation sites excluding steroid dienone is 10.